The predicted octanol–water partition coefficient (Wildman–Crippen LogP) is 3.90. The summed E-state index contributed by atoms with van der Waals surface area (Å²) in [7, 11) is 0. The van der Waals surface area contributed by atoms with Crippen molar-refractivity contribution in [3.63, 3.8) is 0 Å². The van der Waals surface area contributed by atoms with Crippen molar-refractivity contribution < 1.29 is 22.8 Å². The molecule has 1 aliphatic rings. The number of hydrogen-bond donors (Lipinski definition) is 1. The van der Waals surface area contributed by atoms with Crippen LogP contribution >= 0.6 is 11.3 Å². The molecule has 1 N–H and O–H groups in total. The summed E-state index contributed by atoms with van der Waals surface area (Å²) >= 11 is 1.41. The third kappa shape index (κ3) is 5.99. The number of tetrazole rings is 1. The second-order valence-electron chi connectivity index (χ2n) is 8.05. The van der Waals surface area contributed by atoms with Gasteiger partial charge in [-0.3, -0.25) is 9.59 Å². The summed E-state index contributed by atoms with van der Waals surface area (Å²) in [4.78, 5) is 28.7. The number of benzene rings is 1. The Bertz CT molecular complexity index is 1130. The minimum Gasteiger partial charge on any atom is -0.352 e. The van der Waals surface area contributed by atoms with Gasteiger partial charge in [0.1, 0.15) is 13.1 Å². The number of nitrogens with one attached hydrogen (secondary N) is 1. The molecule has 0 bridgehead atoms. The fraction of sp³-hybridized carbons (Fsp3) is 0.409. The summed E-state index contributed by atoms with van der Waals surface area (Å²) in [6.07, 6.45) is 0.227. The predicted molar refractivity (Wildman–Crippen MR) is 120 cm³/mol. The number of rotatable bonds is 7. The van der Waals surface area contributed by atoms with E-state index in [1.54, 1.807) is 6.07 Å². The minimum absolute atomic E-state index is 0.00467. The summed E-state index contributed by atoms with van der Waals surface area (Å²) < 4.78 is 39.8. The normalized spacial score (nSPS) is 14.7. The van der Waals surface area contributed by atoms with E-state index in [0.717, 1.165) is 58.8 Å². The molecular weight excluding hydrogens is 469 g/mol. The molecule has 1 saturated carbocycles. The molecule has 2 amide bonds. The van der Waals surface area contributed by atoms with Gasteiger partial charge in [-0.05, 0) is 47.7 Å². The van der Waals surface area contributed by atoms with Crippen LogP contribution in [0.3, 0.4) is 0 Å². The molecule has 0 atom stereocenters. The Morgan fingerprint density at radius 2 is 1.94 bits per heavy atom. The van der Waals surface area contributed by atoms with Gasteiger partial charge in [0, 0.05) is 11.7 Å². The average molecular weight is 493 g/mol. The molecule has 8 nitrogen and oxygen atoms in total. The van der Waals surface area contributed by atoms with Crippen molar-refractivity contribution in [2.24, 2.45) is 0 Å². The Hall–Kier alpha value is -3.28. The van der Waals surface area contributed by atoms with Crippen molar-refractivity contribution >= 4 is 28.8 Å². The highest BCUT2D eigenvalue weighted by atomic mass is 32.1. The Kier molecular flexibility index (Phi) is 7.25. The maximum atomic E-state index is 13.3. The number of aromatic nitrogens is 4. The van der Waals surface area contributed by atoms with Crippen molar-refractivity contribution in [2.45, 2.75) is 50.9 Å². The molecule has 1 fully saturated rings. The van der Waals surface area contributed by atoms with Crippen LogP contribution in [-0.2, 0) is 22.3 Å². The molecule has 1 aromatic carbocycles. The molecule has 0 radical (unpaired) electrons. The lowest BCUT2D eigenvalue weighted by atomic mass is 9.95. The third-order valence-electron chi connectivity index (χ3n) is 5.53. The molecule has 2 aromatic heterocycles. The Morgan fingerprint density at radius 3 is 2.65 bits per heavy atom. The molecule has 4 rings (SSSR count). The lowest BCUT2D eigenvalue weighted by molar-refractivity contribution is -0.137. The molecule has 12 heteroatoms. The van der Waals surface area contributed by atoms with E-state index in [1.807, 2.05) is 11.4 Å². The molecule has 0 aliphatic heterocycles. The van der Waals surface area contributed by atoms with Crippen molar-refractivity contribution in [2.75, 3.05) is 11.4 Å². The van der Waals surface area contributed by atoms with Gasteiger partial charge in [-0.1, -0.05) is 31.4 Å². The summed E-state index contributed by atoms with van der Waals surface area (Å²) in [5.74, 6) is -0.722. The van der Waals surface area contributed by atoms with Gasteiger partial charge in [0.25, 0.3) is 5.91 Å². The van der Waals surface area contributed by atoms with Crippen LogP contribution in [-0.4, -0.2) is 44.6 Å². The van der Waals surface area contributed by atoms with E-state index >= 15 is 0 Å². The van der Waals surface area contributed by atoms with Gasteiger partial charge < -0.3 is 10.2 Å². The number of carbonyl (C=O) groups is 2. The van der Waals surface area contributed by atoms with Gasteiger partial charge in [-0.25, -0.2) is 0 Å². The highest BCUT2D eigenvalue weighted by Crippen LogP contribution is 2.32. The van der Waals surface area contributed by atoms with Crippen LogP contribution in [0, 0.1) is 0 Å². The van der Waals surface area contributed by atoms with E-state index in [1.165, 1.54) is 23.5 Å². The topological polar surface area (TPSA) is 93.0 Å². The number of nitrogens with zero attached hydrogens (tertiary/aromatic N) is 5. The largest absolute Gasteiger partial charge is 0.416 e. The fourth-order valence-electron chi connectivity index (χ4n) is 3.86. The van der Waals surface area contributed by atoms with Gasteiger partial charge in [0.2, 0.25) is 11.7 Å². The summed E-state index contributed by atoms with van der Waals surface area (Å²) in [5, 5.41) is 16.7. The zero-order valence-corrected chi connectivity index (χ0v) is 19.0. The molecule has 0 spiro atoms. The SMILES string of the molecule is O=C(CN(C(=O)Cn1nnc(-c2cccs2)n1)c1cccc(C(F)(F)F)c1)NC1CCCCC1. The van der Waals surface area contributed by atoms with Gasteiger partial charge >= 0.3 is 6.18 Å². The van der Waals surface area contributed by atoms with Crippen LogP contribution in [0.2, 0.25) is 0 Å². The number of anilines is 1. The van der Waals surface area contributed by atoms with Crippen LogP contribution < -0.4 is 10.2 Å². The Morgan fingerprint density at radius 1 is 1.15 bits per heavy atom. The fourth-order valence-corrected chi connectivity index (χ4v) is 4.51. The number of alkyl halides is 3. The number of halogens is 3. The van der Waals surface area contributed by atoms with Crippen molar-refractivity contribution in [1.82, 2.24) is 25.5 Å². The summed E-state index contributed by atoms with van der Waals surface area (Å²) in [6.45, 7) is -0.797. The number of carbonyl (C=O) groups excluding carboxylic acids is 2. The molecule has 0 unspecified atom stereocenters. The molecule has 34 heavy (non-hydrogen) atoms. The van der Waals surface area contributed by atoms with E-state index in [4.69, 9.17) is 0 Å². The minimum atomic E-state index is -4.59. The monoisotopic (exact) mass is 492 g/mol. The number of thiophene rings is 1. The van der Waals surface area contributed by atoms with Gasteiger partial charge in [0.05, 0.1) is 10.4 Å². The first-order valence-corrected chi connectivity index (χ1v) is 11.8. The van der Waals surface area contributed by atoms with Crippen molar-refractivity contribution in [3.8, 4) is 10.7 Å². The molecule has 2 heterocycles. The standard InChI is InChI=1S/C22H23F3N6O2S/c23-22(24,25)15-6-4-9-17(12-15)30(13-19(32)26-16-7-2-1-3-8-16)20(33)14-31-28-21(27-29-31)18-10-5-11-34-18/h4-6,9-12,16H,1-3,7-8,13-14H2,(H,26,32). The highest BCUT2D eigenvalue weighted by molar-refractivity contribution is 7.13. The van der Waals surface area contributed by atoms with Gasteiger partial charge in [0.15, 0.2) is 0 Å². The van der Waals surface area contributed by atoms with Crippen LogP contribution in [0.5, 0.6) is 0 Å². The van der Waals surface area contributed by atoms with E-state index in [2.05, 4.69) is 20.7 Å². The summed E-state index contributed by atoms with van der Waals surface area (Å²) in [5.41, 5.74) is -0.938. The Balaban J connectivity index is 1.54. The Labute approximate surface area is 197 Å². The molecule has 1 aliphatic carbocycles. The van der Waals surface area contributed by atoms with E-state index in [0.29, 0.717) is 5.82 Å². The van der Waals surface area contributed by atoms with Crippen LogP contribution in [0.15, 0.2) is 41.8 Å². The average Bonchev–Trinajstić information content (AvgIpc) is 3.50. The molecule has 0 saturated heterocycles. The lowest BCUT2D eigenvalue weighted by Crippen LogP contribution is -2.46. The zero-order valence-electron chi connectivity index (χ0n) is 18.2. The summed E-state index contributed by atoms with van der Waals surface area (Å²) in [6, 6.07) is 7.99. The second kappa shape index (κ2) is 10.3. The smallest absolute Gasteiger partial charge is 0.352 e. The van der Waals surface area contributed by atoms with E-state index in [-0.39, 0.29) is 18.3 Å². The highest BCUT2D eigenvalue weighted by Gasteiger charge is 2.32. The van der Waals surface area contributed by atoms with Crippen LogP contribution in [0.4, 0.5) is 18.9 Å². The quantitative estimate of drug-likeness (QED) is 0.540. The first kappa shape index (κ1) is 23.9. The maximum Gasteiger partial charge on any atom is 0.416 e. The maximum absolute atomic E-state index is 13.3. The van der Waals surface area contributed by atoms with Gasteiger partial charge in [-0.15, -0.1) is 21.5 Å². The molecule has 180 valence electrons. The van der Waals surface area contributed by atoms with Crippen molar-refractivity contribution in [3.05, 3.63) is 47.3 Å². The van der Waals surface area contributed by atoms with Gasteiger partial charge in [-0.2, -0.15) is 18.0 Å². The van der Waals surface area contributed by atoms with Crippen molar-refractivity contribution in [1.29, 1.82) is 0 Å². The van der Waals surface area contributed by atoms with Crippen LogP contribution in [0.25, 0.3) is 10.7 Å². The number of hydrogen-bond acceptors (Lipinski definition) is 6. The lowest BCUT2D eigenvalue weighted by Gasteiger charge is -2.26. The third-order valence-corrected chi connectivity index (χ3v) is 6.40. The van der Waals surface area contributed by atoms with E-state index in [9.17, 15) is 22.8 Å². The molecular formula is C22H23F3N6O2S. The van der Waals surface area contributed by atoms with Crippen LogP contribution in [0.1, 0.15) is 37.7 Å². The first-order valence-electron chi connectivity index (χ1n) is 10.9. The second-order valence-corrected chi connectivity index (χ2v) is 9.00. The zero-order chi connectivity index (χ0) is 24.1. The van der Waals surface area contributed by atoms with E-state index < -0.39 is 30.1 Å². The number of amides is 2. The first-order chi connectivity index (χ1) is 16.3. The molecule has 3 aromatic rings.